The van der Waals surface area contributed by atoms with E-state index in [-0.39, 0.29) is 6.04 Å². The topological polar surface area (TPSA) is 90.9 Å². The molecule has 6 heteroatoms. The van der Waals surface area contributed by atoms with E-state index in [1.807, 2.05) is 27.7 Å². The van der Waals surface area contributed by atoms with Crippen molar-refractivity contribution in [3.8, 4) is 0 Å². The Hall–Kier alpha value is -1.85. The molecule has 18 heavy (non-hydrogen) atoms. The molecule has 1 unspecified atom stereocenters. The highest BCUT2D eigenvalue weighted by Crippen LogP contribution is 2.07. The van der Waals surface area contributed by atoms with Crippen molar-refractivity contribution in [1.82, 2.24) is 15.3 Å². The van der Waals surface area contributed by atoms with Gasteiger partial charge in [0.15, 0.2) is 0 Å². The number of ether oxygens (including phenoxy) is 1. The van der Waals surface area contributed by atoms with Crippen LogP contribution in [0.15, 0.2) is 12.5 Å². The minimum atomic E-state index is -0.513. The summed E-state index contributed by atoms with van der Waals surface area (Å²) >= 11 is 0. The Kier molecular flexibility index (Phi) is 4.47. The highest BCUT2D eigenvalue weighted by atomic mass is 16.6. The number of hydrogen-bond donors (Lipinski definition) is 3. The molecule has 1 amide bonds. The Bertz CT molecular complexity index is 406. The molecular weight excluding hydrogens is 232 g/mol. The number of nitrogens with zero attached hydrogens (tertiary/aromatic N) is 1. The Labute approximate surface area is 107 Å². The van der Waals surface area contributed by atoms with E-state index in [2.05, 4.69) is 15.3 Å². The van der Waals surface area contributed by atoms with Crippen LogP contribution in [0.5, 0.6) is 0 Å². The monoisotopic (exact) mass is 252 g/mol. The van der Waals surface area contributed by atoms with Crippen molar-refractivity contribution < 1.29 is 9.53 Å². The highest BCUT2D eigenvalue weighted by molar-refractivity contribution is 5.96. The minimum absolute atomic E-state index is 0.171. The molecule has 0 aliphatic carbocycles. The normalized spacial score (nSPS) is 12.9. The molecule has 1 atom stereocenters. The largest absolute Gasteiger partial charge is 0.444 e. The summed E-state index contributed by atoms with van der Waals surface area (Å²) in [4.78, 5) is 18.2. The van der Waals surface area contributed by atoms with Gasteiger partial charge >= 0.3 is 6.09 Å². The zero-order valence-electron chi connectivity index (χ0n) is 11.2. The first-order valence-electron chi connectivity index (χ1n) is 5.83. The summed E-state index contributed by atoms with van der Waals surface area (Å²) < 4.78 is 5.14. The van der Waals surface area contributed by atoms with E-state index in [9.17, 15) is 4.79 Å². The summed E-state index contributed by atoms with van der Waals surface area (Å²) in [7, 11) is 0. The number of rotatable bonds is 4. The number of carbonyl (C=O) groups is 1. The van der Waals surface area contributed by atoms with Gasteiger partial charge in [-0.3, -0.25) is 0 Å². The molecule has 0 saturated carbocycles. The second-order valence-electron chi connectivity index (χ2n) is 5.20. The van der Waals surface area contributed by atoms with Crippen molar-refractivity contribution in [3.63, 3.8) is 0 Å². The van der Waals surface area contributed by atoms with Crippen molar-refractivity contribution in [1.29, 1.82) is 5.41 Å². The summed E-state index contributed by atoms with van der Waals surface area (Å²) in [5, 5.41) is 10.5. The van der Waals surface area contributed by atoms with E-state index in [1.165, 1.54) is 6.33 Å². The second kappa shape index (κ2) is 5.66. The van der Waals surface area contributed by atoms with Crippen molar-refractivity contribution >= 4 is 11.8 Å². The minimum Gasteiger partial charge on any atom is -0.444 e. The lowest BCUT2D eigenvalue weighted by molar-refractivity contribution is 0.0510. The average molecular weight is 252 g/mol. The lowest BCUT2D eigenvalue weighted by Gasteiger charge is -2.21. The van der Waals surface area contributed by atoms with Gasteiger partial charge in [0.25, 0.3) is 0 Å². The van der Waals surface area contributed by atoms with Gasteiger partial charge in [0, 0.05) is 12.5 Å². The number of amides is 1. The van der Waals surface area contributed by atoms with Crippen molar-refractivity contribution in [2.75, 3.05) is 0 Å². The first-order chi connectivity index (χ1) is 8.28. The Morgan fingerprint density at radius 3 is 2.78 bits per heavy atom. The van der Waals surface area contributed by atoms with Crippen molar-refractivity contribution in [2.24, 2.45) is 0 Å². The zero-order chi connectivity index (χ0) is 13.8. The zero-order valence-corrected chi connectivity index (χ0v) is 11.2. The van der Waals surface area contributed by atoms with E-state index < -0.39 is 11.7 Å². The highest BCUT2D eigenvalue weighted by Gasteiger charge is 2.18. The van der Waals surface area contributed by atoms with Gasteiger partial charge in [-0.1, -0.05) is 0 Å². The molecule has 1 aromatic rings. The number of aromatic amines is 1. The van der Waals surface area contributed by atoms with Gasteiger partial charge in [-0.15, -0.1) is 0 Å². The van der Waals surface area contributed by atoms with Gasteiger partial charge in [0.2, 0.25) is 0 Å². The Balaban J connectivity index is 2.40. The maximum absolute atomic E-state index is 11.5. The van der Waals surface area contributed by atoms with E-state index >= 15 is 0 Å². The molecule has 1 aromatic heterocycles. The fourth-order valence-corrected chi connectivity index (χ4v) is 1.40. The molecule has 0 aliphatic heterocycles. The number of H-pyrrole nitrogens is 1. The summed E-state index contributed by atoms with van der Waals surface area (Å²) in [6.07, 6.45) is 3.06. The molecule has 3 N–H and O–H groups in total. The van der Waals surface area contributed by atoms with Crippen LogP contribution in [0.3, 0.4) is 0 Å². The molecular formula is C12H20N4O2. The quantitative estimate of drug-likeness (QED) is 0.716. The lowest BCUT2D eigenvalue weighted by atomic mass is 10.1. The fraction of sp³-hybridized carbons (Fsp3) is 0.583. The van der Waals surface area contributed by atoms with Crippen LogP contribution in [-0.4, -0.2) is 33.4 Å². The molecule has 0 aliphatic rings. The molecule has 0 bridgehead atoms. The first-order valence-corrected chi connectivity index (χ1v) is 5.83. The van der Waals surface area contributed by atoms with Gasteiger partial charge < -0.3 is 20.4 Å². The molecule has 6 nitrogen and oxygen atoms in total. The first kappa shape index (κ1) is 14.2. The molecule has 0 radical (unpaired) electrons. The maximum atomic E-state index is 11.5. The number of nitrogens with one attached hydrogen (secondary N) is 3. The van der Waals surface area contributed by atoms with Gasteiger partial charge in [-0.05, 0) is 27.7 Å². The Morgan fingerprint density at radius 1 is 1.61 bits per heavy atom. The van der Waals surface area contributed by atoms with Crippen LogP contribution in [-0.2, 0) is 4.74 Å². The maximum Gasteiger partial charge on any atom is 0.407 e. The van der Waals surface area contributed by atoms with Crippen LogP contribution in [0.25, 0.3) is 0 Å². The third-order valence-corrected chi connectivity index (χ3v) is 2.10. The predicted octanol–water partition coefficient (Wildman–Crippen LogP) is 2.08. The van der Waals surface area contributed by atoms with Crippen LogP contribution < -0.4 is 5.32 Å². The number of imidazole rings is 1. The fourth-order valence-electron chi connectivity index (χ4n) is 1.40. The molecule has 0 aromatic carbocycles. The van der Waals surface area contributed by atoms with Crippen LogP contribution in [0.2, 0.25) is 0 Å². The third kappa shape index (κ3) is 4.99. The number of aromatic nitrogens is 2. The molecule has 0 saturated heterocycles. The molecule has 1 heterocycles. The van der Waals surface area contributed by atoms with Gasteiger partial charge in [0.1, 0.15) is 5.60 Å². The predicted molar refractivity (Wildman–Crippen MR) is 68.9 cm³/mol. The van der Waals surface area contributed by atoms with Gasteiger partial charge in [0.05, 0.1) is 23.9 Å². The number of carbonyl (C=O) groups excluding carboxylic acids is 1. The van der Waals surface area contributed by atoms with Crippen LogP contribution in [0, 0.1) is 5.41 Å². The molecule has 100 valence electrons. The van der Waals surface area contributed by atoms with E-state index in [0.717, 1.165) is 0 Å². The second-order valence-corrected chi connectivity index (χ2v) is 5.20. The smallest absolute Gasteiger partial charge is 0.407 e. The number of alkyl carbamates (subject to hydrolysis) is 1. The summed E-state index contributed by atoms with van der Waals surface area (Å²) in [6.45, 7) is 7.26. The standard InChI is InChI=1S/C12H20N4O2/c1-8(16-11(17)18-12(2,3)4)5-9(13)10-6-14-7-15-10/h6-8,13H,5H2,1-4H3,(H,14,15)(H,16,17). The van der Waals surface area contributed by atoms with E-state index in [1.54, 1.807) is 6.20 Å². The summed E-state index contributed by atoms with van der Waals surface area (Å²) in [5.74, 6) is 0. The van der Waals surface area contributed by atoms with E-state index in [0.29, 0.717) is 17.8 Å². The van der Waals surface area contributed by atoms with Crippen molar-refractivity contribution in [2.45, 2.75) is 45.8 Å². The lowest BCUT2D eigenvalue weighted by Crippen LogP contribution is -2.38. The number of hydrogen-bond acceptors (Lipinski definition) is 4. The average Bonchev–Trinajstić information content (AvgIpc) is 2.65. The third-order valence-electron chi connectivity index (χ3n) is 2.10. The van der Waals surface area contributed by atoms with E-state index in [4.69, 9.17) is 10.1 Å². The van der Waals surface area contributed by atoms with Gasteiger partial charge in [-0.25, -0.2) is 9.78 Å². The van der Waals surface area contributed by atoms with Crippen LogP contribution in [0.1, 0.15) is 39.8 Å². The summed E-state index contributed by atoms with van der Waals surface area (Å²) in [5.41, 5.74) is 0.546. The van der Waals surface area contributed by atoms with Crippen LogP contribution >= 0.6 is 0 Å². The Morgan fingerprint density at radius 2 is 2.28 bits per heavy atom. The molecule has 0 spiro atoms. The van der Waals surface area contributed by atoms with Crippen molar-refractivity contribution in [3.05, 3.63) is 18.2 Å². The molecule has 0 fully saturated rings. The SMILES string of the molecule is CC(CC(=N)c1cnc[nH]1)NC(=O)OC(C)(C)C. The molecule has 1 rings (SSSR count). The summed E-state index contributed by atoms with van der Waals surface area (Å²) in [6, 6.07) is -0.171. The van der Waals surface area contributed by atoms with Gasteiger partial charge in [-0.2, -0.15) is 0 Å². The van der Waals surface area contributed by atoms with Crippen LogP contribution in [0.4, 0.5) is 4.79 Å².